The fraction of sp³-hybridized carbons (Fsp3) is 0.625. The number of ether oxygens (including phenoxy) is 2. The molecule has 1 fully saturated rings. The van der Waals surface area contributed by atoms with Gasteiger partial charge in [-0.15, -0.1) is 0 Å². The average Bonchev–Trinajstić information content (AvgIpc) is 2.40. The Morgan fingerprint density at radius 3 is 2.67 bits per heavy atom. The summed E-state index contributed by atoms with van der Waals surface area (Å²) < 4.78 is 11.2. The van der Waals surface area contributed by atoms with Crippen molar-refractivity contribution in [3.63, 3.8) is 0 Å². The van der Waals surface area contributed by atoms with Crippen LogP contribution in [0.5, 0.6) is 5.75 Å². The summed E-state index contributed by atoms with van der Waals surface area (Å²) in [4.78, 5) is 0. The first-order chi connectivity index (χ1) is 8.75. The summed E-state index contributed by atoms with van der Waals surface area (Å²) in [6.45, 7) is 6.99. The highest BCUT2D eigenvalue weighted by Crippen LogP contribution is 2.21. The van der Waals surface area contributed by atoms with Crippen LogP contribution in [0.4, 0.5) is 0 Å². The summed E-state index contributed by atoms with van der Waals surface area (Å²) in [7, 11) is 0. The Labute approximate surface area is 110 Å². The maximum atomic E-state index is 5.80. The van der Waals surface area contributed by atoms with Crippen LogP contribution in [0.15, 0.2) is 18.2 Å². The summed E-state index contributed by atoms with van der Waals surface area (Å²) in [5.74, 6) is 1.85. The Bertz CT molecular complexity index is 367. The summed E-state index contributed by atoms with van der Waals surface area (Å²) in [6, 6.07) is 6.32. The zero-order chi connectivity index (χ0) is 12.8. The molecule has 2 nitrogen and oxygen atoms in total. The van der Waals surface area contributed by atoms with Gasteiger partial charge in [0.2, 0.25) is 0 Å². The van der Waals surface area contributed by atoms with E-state index < -0.39 is 0 Å². The maximum absolute atomic E-state index is 5.80. The molecular weight excluding hydrogens is 224 g/mol. The number of benzene rings is 1. The molecule has 0 amide bonds. The van der Waals surface area contributed by atoms with Gasteiger partial charge in [-0.05, 0) is 68.7 Å². The van der Waals surface area contributed by atoms with E-state index in [1.165, 1.54) is 30.4 Å². The van der Waals surface area contributed by atoms with E-state index >= 15 is 0 Å². The first-order valence-electron chi connectivity index (χ1n) is 7.03. The van der Waals surface area contributed by atoms with Crippen molar-refractivity contribution >= 4 is 0 Å². The zero-order valence-electron chi connectivity index (χ0n) is 11.6. The van der Waals surface area contributed by atoms with Gasteiger partial charge in [0, 0.05) is 13.2 Å². The second-order valence-electron chi connectivity index (χ2n) is 5.29. The fourth-order valence-electron chi connectivity index (χ4n) is 2.40. The molecule has 1 aromatic rings. The molecule has 0 bridgehead atoms. The normalized spacial score (nSPS) is 16.8. The summed E-state index contributed by atoms with van der Waals surface area (Å²) >= 11 is 0. The summed E-state index contributed by atoms with van der Waals surface area (Å²) in [6.07, 6.45) is 4.87. The highest BCUT2D eigenvalue weighted by molar-refractivity contribution is 5.33. The van der Waals surface area contributed by atoms with Gasteiger partial charge in [0.05, 0.1) is 6.61 Å². The van der Waals surface area contributed by atoms with E-state index in [4.69, 9.17) is 9.47 Å². The maximum Gasteiger partial charge on any atom is 0.119 e. The van der Waals surface area contributed by atoms with Gasteiger partial charge in [-0.25, -0.2) is 0 Å². The first-order valence-corrected chi connectivity index (χ1v) is 7.03. The lowest BCUT2D eigenvalue weighted by Crippen LogP contribution is -2.16. The second kappa shape index (κ2) is 6.79. The molecule has 0 N–H and O–H groups in total. The van der Waals surface area contributed by atoms with Gasteiger partial charge >= 0.3 is 0 Å². The van der Waals surface area contributed by atoms with Crippen LogP contribution in [-0.4, -0.2) is 19.8 Å². The molecule has 1 saturated heterocycles. The third-order valence-electron chi connectivity index (χ3n) is 3.84. The van der Waals surface area contributed by atoms with Crippen molar-refractivity contribution < 1.29 is 9.47 Å². The smallest absolute Gasteiger partial charge is 0.119 e. The lowest BCUT2D eigenvalue weighted by atomic mass is 9.95. The van der Waals surface area contributed by atoms with Gasteiger partial charge in [0.1, 0.15) is 5.75 Å². The van der Waals surface area contributed by atoms with E-state index in [1.807, 2.05) is 0 Å². The molecule has 0 radical (unpaired) electrons. The number of hydrogen-bond acceptors (Lipinski definition) is 2. The van der Waals surface area contributed by atoms with Gasteiger partial charge in [0.25, 0.3) is 0 Å². The largest absolute Gasteiger partial charge is 0.494 e. The minimum Gasteiger partial charge on any atom is -0.494 e. The number of rotatable bonds is 5. The van der Waals surface area contributed by atoms with Crippen LogP contribution in [0.1, 0.15) is 36.8 Å². The molecule has 1 heterocycles. The highest BCUT2D eigenvalue weighted by Gasteiger charge is 2.12. The summed E-state index contributed by atoms with van der Waals surface area (Å²) in [5.41, 5.74) is 2.63. The van der Waals surface area contributed by atoms with Crippen molar-refractivity contribution in [2.75, 3.05) is 19.8 Å². The highest BCUT2D eigenvalue weighted by atomic mass is 16.5. The molecular formula is C16H24O2. The molecule has 100 valence electrons. The van der Waals surface area contributed by atoms with Crippen molar-refractivity contribution in [2.24, 2.45) is 5.92 Å². The summed E-state index contributed by atoms with van der Waals surface area (Å²) in [5, 5.41) is 0. The van der Waals surface area contributed by atoms with Gasteiger partial charge < -0.3 is 9.47 Å². The predicted octanol–water partition coefficient (Wildman–Crippen LogP) is 3.89. The molecule has 2 rings (SSSR count). The van der Waals surface area contributed by atoms with E-state index in [-0.39, 0.29) is 0 Å². The second-order valence-corrected chi connectivity index (χ2v) is 5.29. The number of hydrogen-bond donors (Lipinski definition) is 0. The third kappa shape index (κ3) is 4.02. The Balaban J connectivity index is 1.66. The third-order valence-corrected chi connectivity index (χ3v) is 3.84. The quantitative estimate of drug-likeness (QED) is 0.736. The Morgan fingerprint density at radius 1 is 1.17 bits per heavy atom. The van der Waals surface area contributed by atoms with E-state index in [1.54, 1.807) is 0 Å². The molecule has 2 heteroatoms. The Morgan fingerprint density at radius 2 is 1.94 bits per heavy atom. The van der Waals surface area contributed by atoms with Gasteiger partial charge in [-0.3, -0.25) is 0 Å². The molecule has 0 aliphatic carbocycles. The van der Waals surface area contributed by atoms with E-state index in [0.29, 0.717) is 0 Å². The van der Waals surface area contributed by atoms with Crippen LogP contribution in [0, 0.1) is 19.8 Å². The Kier molecular flexibility index (Phi) is 5.06. The van der Waals surface area contributed by atoms with Crippen molar-refractivity contribution in [3.05, 3.63) is 29.3 Å². The fourth-order valence-corrected chi connectivity index (χ4v) is 2.40. The number of aryl methyl sites for hydroxylation is 2. The van der Waals surface area contributed by atoms with Crippen LogP contribution < -0.4 is 4.74 Å². The van der Waals surface area contributed by atoms with Gasteiger partial charge in [-0.2, -0.15) is 0 Å². The Hall–Kier alpha value is -1.02. The van der Waals surface area contributed by atoms with Crippen LogP contribution in [0.25, 0.3) is 0 Å². The monoisotopic (exact) mass is 248 g/mol. The van der Waals surface area contributed by atoms with Gasteiger partial charge in [0.15, 0.2) is 0 Å². The van der Waals surface area contributed by atoms with E-state index in [2.05, 4.69) is 32.0 Å². The van der Waals surface area contributed by atoms with Crippen molar-refractivity contribution in [2.45, 2.75) is 39.5 Å². The van der Waals surface area contributed by atoms with Crippen molar-refractivity contribution in [3.8, 4) is 5.75 Å². The first kappa shape index (κ1) is 13.4. The predicted molar refractivity (Wildman–Crippen MR) is 74.2 cm³/mol. The lowest BCUT2D eigenvalue weighted by Gasteiger charge is -2.21. The van der Waals surface area contributed by atoms with Crippen LogP contribution >= 0.6 is 0 Å². The average molecular weight is 248 g/mol. The van der Waals surface area contributed by atoms with Gasteiger partial charge in [-0.1, -0.05) is 6.07 Å². The van der Waals surface area contributed by atoms with Crippen LogP contribution in [0.3, 0.4) is 0 Å². The zero-order valence-corrected chi connectivity index (χ0v) is 11.6. The van der Waals surface area contributed by atoms with Crippen molar-refractivity contribution in [1.82, 2.24) is 0 Å². The molecule has 0 saturated carbocycles. The minimum atomic E-state index is 0.833. The van der Waals surface area contributed by atoms with E-state index in [0.717, 1.165) is 37.9 Å². The molecule has 18 heavy (non-hydrogen) atoms. The molecule has 1 aliphatic heterocycles. The molecule has 1 aromatic carbocycles. The molecule has 0 aromatic heterocycles. The topological polar surface area (TPSA) is 18.5 Å². The molecule has 0 atom stereocenters. The van der Waals surface area contributed by atoms with Crippen molar-refractivity contribution in [1.29, 1.82) is 0 Å². The minimum absolute atomic E-state index is 0.833. The van der Waals surface area contributed by atoms with Crippen LogP contribution in [-0.2, 0) is 4.74 Å². The lowest BCUT2D eigenvalue weighted by molar-refractivity contribution is 0.0620. The van der Waals surface area contributed by atoms with E-state index in [9.17, 15) is 0 Å². The standard InChI is InChI=1S/C16H24O2/c1-13-5-6-16(12-14(13)2)18-9-3-4-15-7-10-17-11-8-15/h5-6,12,15H,3-4,7-11H2,1-2H3. The molecule has 1 aliphatic rings. The van der Waals surface area contributed by atoms with Crippen LogP contribution in [0.2, 0.25) is 0 Å². The SMILES string of the molecule is Cc1ccc(OCCCC2CCOCC2)cc1C. The molecule has 0 spiro atoms. The molecule has 0 unspecified atom stereocenters.